The average molecular weight is 766 g/mol. The standard InChI is InChI=1S/C54H55NO3/c1-52(2)28-27-43-40(31-52)33-54(5,6)50-46(43)25-19-37-29-38(30-39(48(37)50)32-53(3,4)41-20-22-42(23-21-41)55(7)8)45-24-18-35-11-9-10-12-44(35)49(45)47(56)26-15-34-13-16-36(17-14-34)51(57)58/h9-30,47,56H,31-33H2,1-8H3,(H,57,58). The molecule has 8 rings (SSSR count). The largest absolute Gasteiger partial charge is 0.478 e. The number of nitrogens with zero attached hydrogens (tertiary/aromatic N) is 1. The number of allylic oxidation sites excluding steroid dienone is 4. The van der Waals surface area contributed by atoms with Gasteiger partial charge in [0.15, 0.2) is 0 Å². The van der Waals surface area contributed by atoms with E-state index in [9.17, 15) is 15.0 Å². The fourth-order valence-corrected chi connectivity index (χ4v) is 9.66. The van der Waals surface area contributed by atoms with E-state index in [0.717, 1.165) is 52.3 Å². The van der Waals surface area contributed by atoms with Crippen molar-refractivity contribution in [3.05, 3.63) is 172 Å². The number of rotatable bonds is 9. The SMILES string of the molecule is CN(C)c1ccc(C(C)(C)Cc2cc(-c3ccc4ccccc4c3C(O)C=Cc3ccc(C(=O)O)cc3)cc3ccc4c(c23)C(C)(C)CC2=C4C=CC(C)(C)C2)cc1. The maximum Gasteiger partial charge on any atom is 0.335 e. The Labute approximate surface area is 343 Å². The number of fused-ring (bicyclic) bond motifs is 5. The summed E-state index contributed by atoms with van der Waals surface area (Å²) in [6.07, 6.45) is 10.5. The molecule has 58 heavy (non-hydrogen) atoms. The van der Waals surface area contributed by atoms with Crippen LogP contribution in [0.2, 0.25) is 0 Å². The van der Waals surface area contributed by atoms with Crippen LogP contribution in [-0.2, 0) is 17.3 Å². The van der Waals surface area contributed by atoms with E-state index in [-0.39, 0.29) is 21.8 Å². The summed E-state index contributed by atoms with van der Waals surface area (Å²) < 4.78 is 0. The Bertz CT molecular complexity index is 2670. The van der Waals surface area contributed by atoms with E-state index >= 15 is 0 Å². The van der Waals surface area contributed by atoms with E-state index in [0.29, 0.717) is 0 Å². The molecule has 0 aliphatic heterocycles. The fraction of sp³-hybridized carbons (Fsp3) is 0.278. The van der Waals surface area contributed by atoms with Crippen LogP contribution in [0.5, 0.6) is 0 Å². The Morgan fingerprint density at radius 2 is 1.52 bits per heavy atom. The van der Waals surface area contributed by atoms with E-state index in [1.165, 1.54) is 44.3 Å². The van der Waals surface area contributed by atoms with Gasteiger partial charge in [-0.3, -0.25) is 0 Å². The van der Waals surface area contributed by atoms with E-state index < -0.39 is 12.1 Å². The topological polar surface area (TPSA) is 60.8 Å². The molecule has 294 valence electrons. The lowest BCUT2D eigenvalue weighted by Gasteiger charge is -2.41. The normalized spacial score (nSPS) is 16.4. The first-order valence-corrected chi connectivity index (χ1v) is 20.5. The van der Waals surface area contributed by atoms with E-state index in [1.807, 2.05) is 24.3 Å². The van der Waals surface area contributed by atoms with Crippen LogP contribution in [-0.4, -0.2) is 30.3 Å². The van der Waals surface area contributed by atoms with Crippen molar-refractivity contribution in [3.8, 4) is 11.1 Å². The van der Waals surface area contributed by atoms with Crippen LogP contribution in [0.25, 0.3) is 44.3 Å². The fourth-order valence-electron chi connectivity index (χ4n) is 9.66. The van der Waals surface area contributed by atoms with Crippen LogP contribution < -0.4 is 4.90 Å². The van der Waals surface area contributed by atoms with Gasteiger partial charge in [-0.2, -0.15) is 0 Å². The second-order valence-electron chi connectivity index (χ2n) is 18.8. The number of carbonyl (C=O) groups is 1. The van der Waals surface area contributed by atoms with Crippen LogP contribution in [0.3, 0.4) is 0 Å². The number of aromatic carboxylic acids is 1. The molecule has 4 heteroatoms. The minimum atomic E-state index is -0.961. The van der Waals surface area contributed by atoms with Crippen molar-refractivity contribution in [1.29, 1.82) is 0 Å². The molecular formula is C54H55NO3. The second kappa shape index (κ2) is 14.6. The first-order valence-electron chi connectivity index (χ1n) is 20.5. The van der Waals surface area contributed by atoms with Gasteiger partial charge < -0.3 is 15.1 Å². The van der Waals surface area contributed by atoms with Gasteiger partial charge in [0, 0.05) is 25.3 Å². The van der Waals surface area contributed by atoms with Crippen molar-refractivity contribution in [3.63, 3.8) is 0 Å². The van der Waals surface area contributed by atoms with E-state index in [4.69, 9.17) is 0 Å². The molecule has 0 radical (unpaired) electrons. The summed E-state index contributed by atoms with van der Waals surface area (Å²) >= 11 is 0. The highest BCUT2D eigenvalue weighted by Gasteiger charge is 2.38. The molecule has 0 saturated carbocycles. The Balaban J connectivity index is 1.33. The number of benzene rings is 6. The monoisotopic (exact) mass is 765 g/mol. The first kappa shape index (κ1) is 39.1. The van der Waals surface area contributed by atoms with Gasteiger partial charge >= 0.3 is 5.97 Å². The summed E-state index contributed by atoms with van der Waals surface area (Å²) in [5.41, 5.74) is 13.4. The molecule has 0 amide bonds. The van der Waals surface area contributed by atoms with E-state index in [1.54, 1.807) is 29.8 Å². The maximum absolute atomic E-state index is 12.1. The zero-order valence-electron chi connectivity index (χ0n) is 35.2. The van der Waals surface area contributed by atoms with Gasteiger partial charge in [0.2, 0.25) is 0 Å². The lowest BCUT2D eigenvalue weighted by molar-refractivity contribution is 0.0697. The molecule has 0 spiro atoms. The number of anilines is 1. The predicted octanol–water partition coefficient (Wildman–Crippen LogP) is 13.1. The van der Waals surface area contributed by atoms with Gasteiger partial charge in [0.05, 0.1) is 11.7 Å². The van der Waals surface area contributed by atoms with Crippen LogP contribution in [0, 0.1) is 5.41 Å². The van der Waals surface area contributed by atoms with Crippen molar-refractivity contribution >= 4 is 44.9 Å². The van der Waals surface area contributed by atoms with E-state index in [2.05, 4.69) is 145 Å². The molecule has 2 aliphatic rings. The quantitative estimate of drug-likeness (QED) is 0.154. The minimum absolute atomic E-state index is 0.0690. The van der Waals surface area contributed by atoms with Crippen molar-refractivity contribution < 1.29 is 15.0 Å². The van der Waals surface area contributed by atoms with Gasteiger partial charge in [0.25, 0.3) is 0 Å². The van der Waals surface area contributed by atoms with Crippen LogP contribution >= 0.6 is 0 Å². The third kappa shape index (κ3) is 7.31. The van der Waals surface area contributed by atoms with Crippen molar-refractivity contribution in [2.75, 3.05) is 19.0 Å². The molecule has 4 nitrogen and oxygen atoms in total. The number of carboxylic acids is 1. The molecule has 0 bridgehead atoms. The smallest absolute Gasteiger partial charge is 0.335 e. The molecule has 1 unspecified atom stereocenters. The number of aliphatic hydroxyl groups is 1. The molecule has 0 heterocycles. The molecule has 6 aromatic carbocycles. The highest BCUT2D eigenvalue weighted by atomic mass is 16.4. The number of aliphatic hydroxyl groups excluding tert-OH is 1. The molecule has 0 saturated heterocycles. The highest BCUT2D eigenvalue weighted by Crippen LogP contribution is 2.52. The van der Waals surface area contributed by atoms with Gasteiger partial charge in [-0.15, -0.1) is 0 Å². The first-order chi connectivity index (χ1) is 27.5. The molecule has 2 aliphatic carbocycles. The Morgan fingerprint density at radius 1 is 0.828 bits per heavy atom. The third-order valence-electron chi connectivity index (χ3n) is 12.6. The van der Waals surface area contributed by atoms with Crippen molar-refractivity contribution in [2.24, 2.45) is 5.41 Å². The molecule has 2 N–H and O–H groups in total. The number of hydrogen-bond acceptors (Lipinski definition) is 3. The highest BCUT2D eigenvalue weighted by molar-refractivity contribution is 6.01. The summed E-state index contributed by atoms with van der Waals surface area (Å²) in [6, 6.07) is 37.8. The van der Waals surface area contributed by atoms with Crippen molar-refractivity contribution in [2.45, 2.75) is 77.7 Å². The summed E-state index contributed by atoms with van der Waals surface area (Å²) in [6.45, 7) is 14.3. The maximum atomic E-state index is 12.1. The number of hydrogen-bond donors (Lipinski definition) is 2. The molecular weight excluding hydrogens is 711 g/mol. The molecule has 0 fully saturated rings. The second-order valence-corrected chi connectivity index (χ2v) is 18.8. The molecule has 6 aromatic rings. The molecule has 0 aromatic heterocycles. The Hall–Kier alpha value is -5.71. The Morgan fingerprint density at radius 3 is 2.22 bits per heavy atom. The lowest BCUT2D eigenvalue weighted by Crippen LogP contribution is -2.28. The van der Waals surface area contributed by atoms with Gasteiger partial charge in [0.1, 0.15) is 0 Å². The van der Waals surface area contributed by atoms with Crippen LogP contribution in [0.15, 0.2) is 133 Å². The average Bonchev–Trinajstić information content (AvgIpc) is 3.18. The Kier molecular flexibility index (Phi) is 9.84. The van der Waals surface area contributed by atoms with Gasteiger partial charge in [-0.1, -0.05) is 150 Å². The zero-order chi connectivity index (χ0) is 41.1. The number of carboxylic acid groups (broad SMARTS) is 1. The predicted molar refractivity (Wildman–Crippen MR) is 244 cm³/mol. The molecule has 1 atom stereocenters. The zero-order valence-corrected chi connectivity index (χ0v) is 35.2. The van der Waals surface area contributed by atoms with Gasteiger partial charge in [-0.05, 0) is 132 Å². The lowest BCUT2D eigenvalue weighted by atomic mass is 9.63. The minimum Gasteiger partial charge on any atom is -0.478 e. The van der Waals surface area contributed by atoms with Crippen LogP contribution in [0.4, 0.5) is 5.69 Å². The third-order valence-corrected chi connectivity index (χ3v) is 12.6. The van der Waals surface area contributed by atoms with Gasteiger partial charge in [-0.25, -0.2) is 4.79 Å². The summed E-state index contributed by atoms with van der Waals surface area (Å²) in [5, 5.41) is 26.1. The summed E-state index contributed by atoms with van der Waals surface area (Å²) in [4.78, 5) is 13.6. The summed E-state index contributed by atoms with van der Waals surface area (Å²) in [5.74, 6) is -0.961. The van der Waals surface area contributed by atoms with Crippen LogP contribution in [0.1, 0.15) is 104 Å². The summed E-state index contributed by atoms with van der Waals surface area (Å²) in [7, 11) is 4.16. The van der Waals surface area contributed by atoms with Crippen molar-refractivity contribution in [1.82, 2.24) is 0 Å².